The first-order chi connectivity index (χ1) is 8.88. The van der Waals surface area contributed by atoms with Crippen LogP contribution in [-0.4, -0.2) is 18.9 Å². The van der Waals surface area contributed by atoms with Gasteiger partial charge in [0.15, 0.2) is 0 Å². The van der Waals surface area contributed by atoms with Gasteiger partial charge in [0, 0.05) is 0 Å². The lowest BCUT2D eigenvalue weighted by Crippen LogP contribution is -2.35. The van der Waals surface area contributed by atoms with E-state index in [9.17, 15) is 13.2 Å². The minimum atomic E-state index is -4.18. The monoisotopic (exact) mass is 273 g/mol. The summed E-state index contributed by atoms with van der Waals surface area (Å²) in [6, 6.07) is 7.44. The molecule has 2 N–H and O–H groups in total. The number of fused-ring (bicyclic) bond motifs is 1. The maximum atomic E-state index is 12.1. The largest absolute Gasteiger partial charge is 0.391 e. The zero-order valence-electron chi connectivity index (χ0n) is 10.8. The van der Waals surface area contributed by atoms with E-state index in [2.05, 4.69) is 0 Å². The first-order valence-electron chi connectivity index (χ1n) is 6.41. The molecule has 2 rings (SSSR count). The summed E-state index contributed by atoms with van der Waals surface area (Å²) in [5.41, 5.74) is 8.25. The molecular weight excluding hydrogens is 255 g/mol. The van der Waals surface area contributed by atoms with Crippen molar-refractivity contribution in [1.29, 1.82) is 0 Å². The van der Waals surface area contributed by atoms with Crippen molar-refractivity contribution in [2.24, 2.45) is 5.73 Å². The molecule has 5 heteroatoms. The third-order valence-electron chi connectivity index (χ3n) is 3.59. The fraction of sp³-hybridized carbons (Fsp3) is 0.571. The van der Waals surface area contributed by atoms with Gasteiger partial charge in [-0.1, -0.05) is 31.2 Å². The van der Waals surface area contributed by atoms with Gasteiger partial charge >= 0.3 is 6.18 Å². The Morgan fingerprint density at radius 3 is 2.53 bits per heavy atom. The lowest BCUT2D eigenvalue weighted by atomic mass is 9.79. The number of halogens is 3. The Morgan fingerprint density at radius 2 is 1.89 bits per heavy atom. The van der Waals surface area contributed by atoms with E-state index in [0.29, 0.717) is 6.42 Å². The Hall–Kier alpha value is -1.07. The fourth-order valence-electron chi connectivity index (χ4n) is 2.58. The molecule has 0 heterocycles. The molecule has 0 aromatic heterocycles. The Labute approximate surface area is 110 Å². The molecule has 3 atom stereocenters. The van der Waals surface area contributed by atoms with E-state index >= 15 is 0 Å². The Balaban J connectivity index is 2.02. The van der Waals surface area contributed by atoms with Gasteiger partial charge in [0.05, 0.1) is 25.2 Å². The molecule has 0 fully saturated rings. The Kier molecular flexibility index (Phi) is 4.16. The third kappa shape index (κ3) is 3.48. The molecule has 0 saturated heterocycles. The van der Waals surface area contributed by atoms with Gasteiger partial charge < -0.3 is 10.5 Å². The van der Waals surface area contributed by atoms with Crippen LogP contribution in [0, 0.1) is 0 Å². The number of hydrogen-bond donors (Lipinski definition) is 1. The predicted molar refractivity (Wildman–Crippen MR) is 66.8 cm³/mol. The first kappa shape index (κ1) is 14.3. The van der Waals surface area contributed by atoms with E-state index < -0.39 is 12.6 Å². The highest BCUT2D eigenvalue weighted by atomic mass is 19.4. The minimum Gasteiger partial charge on any atom is -0.376 e. The van der Waals surface area contributed by atoms with E-state index in [1.807, 2.05) is 31.2 Å². The molecule has 0 bridgehead atoms. The summed E-state index contributed by atoms with van der Waals surface area (Å²) in [5, 5.41) is 0. The number of benzene rings is 1. The van der Waals surface area contributed by atoms with Crippen molar-refractivity contribution in [2.75, 3.05) is 6.61 Å². The SMILES string of the molecule is CC1CC(OCCC(F)(F)F)C(N)c2ccccc21. The van der Waals surface area contributed by atoms with Crippen molar-refractivity contribution in [1.82, 2.24) is 0 Å². The van der Waals surface area contributed by atoms with Crippen LogP contribution in [0.1, 0.15) is 42.9 Å². The number of ether oxygens (including phenoxy) is 1. The normalized spacial score (nSPS) is 27.1. The van der Waals surface area contributed by atoms with Crippen molar-refractivity contribution >= 4 is 0 Å². The summed E-state index contributed by atoms with van der Waals surface area (Å²) < 4.78 is 41.7. The van der Waals surface area contributed by atoms with Crippen LogP contribution in [0.4, 0.5) is 13.2 Å². The highest BCUT2D eigenvalue weighted by Gasteiger charge is 2.33. The van der Waals surface area contributed by atoms with Crippen molar-refractivity contribution in [3.63, 3.8) is 0 Å². The van der Waals surface area contributed by atoms with Crippen molar-refractivity contribution < 1.29 is 17.9 Å². The topological polar surface area (TPSA) is 35.2 Å². The molecule has 0 aliphatic heterocycles. The van der Waals surface area contributed by atoms with E-state index in [4.69, 9.17) is 10.5 Å². The quantitative estimate of drug-likeness (QED) is 0.914. The summed E-state index contributed by atoms with van der Waals surface area (Å²) in [6.07, 6.45) is -4.78. The van der Waals surface area contributed by atoms with Crippen LogP contribution >= 0.6 is 0 Å². The number of rotatable bonds is 3. The second-order valence-corrected chi connectivity index (χ2v) is 5.07. The summed E-state index contributed by atoms with van der Waals surface area (Å²) in [5.74, 6) is 0.256. The van der Waals surface area contributed by atoms with Crippen LogP contribution in [0.15, 0.2) is 24.3 Å². The van der Waals surface area contributed by atoms with Gasteiger partial charge in [-0.25, -0.2) is 0 Å². The predicted octanol–water partition coefficient (Wildman–Crippen LogP) is 3.53. The van der Waals surface area contributed by atoms with Gasteiger partial charge in [-0.2, -0.15) is 13.2 Å². The summed E-state index contributed by atoms with van der Waals surface area (Å²) in [6.45, 7) is 1.72. The molecule has 1 aliphatic carbocycles. The molecule has 0 radical (unpaired) electrons. The highest BCUT2D eigenvalue weighted by molar-refractivity contribution is 5.35. The average Bonchev–Trinajstić information content (AvgIpc) is 2.34. The second kappa shape index (κ2) is 5.51. The number of hydrogen-bond acceptors (Lipinski definition) is 2. The van der Waals surface area contributed by atoms with Crippen LogP contribution in [0.2, 0.25) is 0 Å². The lowest BCUT2D eigenvalue weighted by Gasteiger charge is -2.34. The number of nitrogens with two attached hydrogens (primary N) is 1. The second-order valence-electron chi connectivity index (χ2n) is 5.07. The van der Waals surface area contributed by atoms with Crippen molar-refractivity contribution in [3.05, 3.63) is 35.4 Å². The van der Waals surface area contributed by atoms with E-state index in [0.717, 1.165) is 5.56 Å². The van der Waals surface area contributed by atoms with Gasteiger partial charge in [-0.05, 0) is 23.5 Å². The first-order valence-corrected chi connectivity index (χ1v) is 6.41. The molecule has 1 aromatic carbocycles. The molecule has 106 valence electrons. The fourth-order valence-corrected chi connectivity index (χ4v) is 2.58. The zero-order chi connectivity index (χ0) is 14.0. The molecule has 3 unspecified atom stereocenters. The van der Waals surface area contributed by atoms with E-state index in [1.165, 1.54) is 5.56 Å². The molecule has 2 nitrogen and oxygen atoms in total. The van der Waals surface area contributed by atoms with Gasteiger partial charge in [-0.3, -0.25) is 0 Å². The van der Waals surface area contributed by atoms with Crippen molar-refractivity contribution in [2.45, 2.75) is 44.0 Å². The van der Waals surface area contributed by atoms with Gasteiger partial charge in [0.2, 0.25) is 0 Å². The maximum Gasteiger partial charge on any atom is 0.391 e. The van der Waals surface area contributed by atoms with Crippen LogP contribution < -0.4 is 5.73 Å². The molecule has 1 aromatic rings. The molecular formula is C14H18F3NO. The standard InChI is InChI=1S/C14H18F3NO/c1-9-8-12(19-7-6-14(15,16)17)13(18)11-5-3-2-4-10(9)11/h2-5,9,12-13H,6-8,18H2,1H3. The van der Waals surface area contributed by atoms with Crippen molar-refractivity contribution in [3.8, 4) is 0 Å². The molecule has 19 heavy (non-hydrogen) atoms. The van der Waals surface area contributed by atoms with Crippen LogP contribution in [0.5, 0.6) is 0 Å². The summed E-state index contributed by atoms with van der Waals surface area (Å²) in [7, 11) is 0. The van der Waals surface area contributed by atoms with E-state index in [-0.39, 0.29) is 24.7 Å². The molecule has 0 saturated carbocycles. The van der Waals surface area contributed by atoms with E-state index in [1.54, 1.807) is 0 Å². The Bertz CT molecular complexity index is 433. The maximum absolute atomic E-state index is 12.1. The third-order valence-corrected chi connectivity index (χ3v) is 3.59. The number of alkyl halides is 3. The Morgan fingerprint density at radius 1 is 1.26 bits per heavy atom. The summed E-state index contributed by atoms with van der Waals surface area (Å²) in [4.78, 5) is 0. The van der Waals surface area contributed by atoms with Gasteiger partial charge in [0.1, 0.15) is 0 Å². The van der Waals surface area contributed by atoms with Crippen LogP contribution in [0.25, 0.3) is 0 Å². The molecule has 1 aliphatic rings. The van der Waals surface area contributed by atoms with Gasteiger partial charge in [0.25, 0.3) is 0 Å². The zero-order valence-corrected chi connectivity index (χ0v) is 10.8. The smallest absolute Gasteiger partial charge is 0.376 e. The average molecular weight is 273 g/mol. The van der Waals surface area contributed by atoms with Crippen LogP contribution in [0.3, 0.4) is 0 Å². The molecule has 0 amide bonds. The van der Waals surface area contributed by atoms with Gasteiger partial charge in [-0.15, -0.1) is 0 Å². The van der Waals surface area contributed by atoms with Crippen LogP contribution in [-0.2, 0) is 4.74 Å². The highest BCUT2D eigenvalue weighted by Crippen LogP contribution is 2.37. The minimum absolute atomic E-state index is 0.256. The lowest BCUT2D eigenvalue weighted by molar-refractivity contribution is -0.150. The molecule has 0 spiro atoms. The summed E-state index contributed by atoms with van der Waals surface area (Å²) >= 11 is 0.